The van der Waals surface area contributed by atoms with E-state index in [1.807, 2.05) is 25.1 Å². The molecular weight excluding hydrogens is 372 g/mol. The number of nitrogens with one attached hydrogen (secondary N) is 2. The minimum Gasteiger partial charge on any atom is -0.467 e. The molecule has 0 unspecified atom stereocenters. The van der Waals surface area contributed by atoms with Crippen molar-refractivity contribution in [3.8, 4) is 0 Å². The summed E-state index contributed by atoms with van der Waals surface area (Å²) in [7, 11) is 0. The zero-order valence-corrected chi connectivity index (χ0v) is 14.5. The molecule has 122 valence electrons. The second-order valence-corrected chi connectivity index (χ2v) is 5.99. The Morgan fingerprint density at radius 1 is 1.25 bits per heavy atom. The minimum absolute atomic E-state index is 0.285. The molecule has 0 atom stereocenters. The van der Waals surface area contributed by atoms with Crippen molar-refractivity contribution >= 4 is 33.3 Å². The van der Waals surface area contributed by atoms with Crippen LogP contribution in [0.4, 0.5) is 11.5 Å². The Balaban J connectivity index is 1.68. The molecule has 24 heavy (non-hydrogen) atoms. The van der Waals surface area contributed by atoms with Crippen LogP contribution >= 0.6 is 15.9 Å². The van der Waals surface area contributed by atoms with E-state index in [4.69, 9.17) is 4.42 Å². The molecular formula is C17H15BrN4O2. The van der Waals surface area contributed by atoms with Gasteiger partial charge in [-0.1, -0.05) is 15.9 Å². The largest absolute Gasteiger partial charge is 0.467 e. The van der Waals surface area contributed by atoms with Crippen LogP contribution in [0.25, 0.3) is 0 Å². The summed E-state index contributed by atoms with van der Waals surface area (Å²) < 4.78 is 6.22. The lowest BCUT2D eigenvalue weighted by Gasteiger charge is -2.08. The molecule has 2 heterocycles. The standard InChI is InChI=1S/C17H15BrN4O2/c1-11-7-12(4-5-14(11)18)22-16-8-15(20-10-21-16)17(23)19-9-13-3-2-6-24-13/h2-8,10H,9H2,1H3,(H,19,23)(H,20,21,22). The maximum Gasteiger partial charge on any atom is 0.270 e. The van der Waals surface area contributed by atoms with Gasteiger partial charge in [-0.05, 0) is 42.8 Å². The van der Waals surface area contributed by atoms with Gasteiger partial charge in [-0.15, -0.1) is 0 Å². The number of aromatic nitrogens is 2. The molecule has 6 nitrogen and oxygen atoms in total. The van der Waals surface area contributed by atoms with E-state index >= 15 is 0 Å². The molecule has 0 saturated carbocycles. The number of nitrogens with zero attached hydrogens (tertiary/aromatic N) is 2. The van der Waals surface area contributed by atoms with Crippen molar-refractivity contribution in [2.45, 2.75) is 13.5 Å². The number of benzene rings is 1. The van der Waals surface area contributed by atoms with Crippen molar-refractivity contribution in [3.05, 3.63) is 70.5 Å². The van der Waals surface area contributed by atoms with Crippen molar-refractivity contribution in [1.29, 1.82) is 0 Å². The average Bonchev–Trinajstić information content (AvgIpc) is 3.10. The molecule has 0 fully saturated rings. The summed E-state index contributed by atoms with van der Waals surface area (Å²) in [5, 5.41) is 5.92. The monoisotopic (exact) mass is 386 g/mol. The quantitative estimate of drug-likeness (QED) is 0.696. The van der Waals surface area contributed by atoms with Crippen LogP contribution in [0.1, 0.15) is 21.8 Å². The number of carbonyl (C=O) groups excluding carboxylic acids is 1. The van der Waals surface area contributed by atoms with E-state index in [1.165, 1.54) is 6.33 Å². The van der Waals surface area contributed by atoms with Gasteiger partial charge in [0.15, 0.2) is 0 Å². The van der Waals surface area contributed by atoms with Crippen LogP contribution in [0.2, 0.25) is 0 Å². The Morgan fingerprint density at radius 3 is 2.88 bits per heavy atom. The van der Waals surface area contributed by atoms with E-state index in [9.17, 15) is 4.79 Å². The van der Waals surface area contributed by atoms with E-state index in [2.05, 4.69) is 36.5 Å². The van der Waals surface area contributed by atoms with Gasteiger partial charge in [0.2, 0.25) is 0 Å². The molecule has 0 spiro atoms. The first kappa shape index (κ1) is 16.2. The Morgan fingerprint density at radius 2 is 2.12 bits per heavy atom. The zero-order valence-electron chi connectivity index (χ0n) is 12.9. The molecule has 7 heteroatoms. The van der Waals surface area contributed by atoms with Crippen molar-refractivity contribution in [3.63, 3.8) is 0 Å². The first-order valence-corrected chi connectivity index (χ1v) is 8.07. The average molecular weight is 387 g/mol. The Hall–Kier alpha value is -2.67. The first-order valence-electron chi connectivity index (χ1n) is 7.27. The van der Waals surface area contributed by atoms with Gasteiger partial charge < -0.3 is 15.1 Å². The third-order valence-corrected chi connectivity index (χ3v) is 4.22. The number of rotatable bonds is 5. The van der Waals surface area contributed by atoms with Gasteiger partial charge >= 0.3 is 0 Å². The normalized spacial score (nSPS) is 10.4. The molecule has 0 aliphatic heterocycles. The van der Waals surface area contributed by atoms with Gasteiger partial charge in [0, 0.05) is 16.2 Å². The van der Waals surface area contributed by atoms with Gasteiger partial charge in [-0.3, -0.25) is 4.79 Å². The maximum atomic E-state index is 12.2. The topological polar surface area (TPSA) is 80.0 Å². The second-order valence-electron chi connectivity index (χ2n) is 5.14. The summed E-state index contributed by atoms with van der Waals surface area (Å²) >= 11 is 3.47. The SMILES string of the molecule is Cc1cc(Nc2cc(C(=O)NCc3ccco3)ncn2)ccc1Br. The highest BCUT2D eigenvalue weighted by molar-refractivity contribution is 9.10. The Bertz CT molecular complexity index is 850. The lowest BCUT2D eigenvalue weighted by Crippen LogP contribution is -2.23. The summed E-state index contributed by atoms with van der Waals surface area (Å²) in [6.45, 7) is 2.31. The Labute approximate surface area is 147 Å². The fourth-order valence-electron chi connectivity index (χ4n) is 2.09. The van der Waals surface area contributed by atoms with Gasteiger partial charge in [0.05, 0.1) is 12.8 Å². The fourth-order valence-corrected chi connectivity index (χ4v) is 2.34. The highest BCUT2D eigenvalue weighted by Gasteiger charge is 2.09. The van der Waals surface area contributed by atoms with E-state index in [-0.39, 0.29) is 11.6 Å². The summed E-state index contributed by atoms with van der Waals surface area (Å²) in [4.78, 5) is 20.3. The molecule has 0 bridgehead atoms. The minimum atomic E-state index is -0.288. The molecule has 2 N–H and O–H groups in total. The van der Waals surface area contributed by atoms with E-state index < -0.39 is 0 Å². The summed E-state index contributed by atoms with van der Waals surface area (Å²) in [6.07, 6.45) is 2.92. The number of carbonyl (C=O) groups is 1. The summed E-state index contributed by atoms with van der Waals surface area (Å²) in [5.74, 6) is 0.944. The van der Waals surface area contributed by atoms with Crippen LogP contribution in [0.3, 0.4) is 0 Å². The van der Waals surface area contributed by atoms with E-state index in [0.717, 1.165) is 15.7 Å². The number of amides is 1. The summed E-state index contributed by atoms with van der Waals surface area (Å²) in [5.41, 5.74) is 2.27. The van der Waals surface area contributed by atoms with Crippen molar-refractivity contribution < 1.29 is 9.21 Å². The molecule has 0 radical (unpaired) electrons. The number of halogens is 1. The van der Waals surface area contributed by atoms with Gasteiger partial charge in [0.1, 0.15) is 23.6 Å². The highest BCUT2D eigenvalue weighted by Crippen LogP contribution is 2.22. The van der Waals surface area contributed by atoms with E-state index in [1.54, 1.807) is 24.5 Å². The Kier molecular flexibility index (Phi) is 4.90. The van der Waals surface area contributed by atoms with Crippen LogP contribution in [-0.4, -0.2) is 15.9 Å². The molecule has 0 saturated heterocycles. The first-order chi connectivity index (χ1) is 11.6. The van der Waals surface area contributed by atoms with Crippen LogP contribution < -0.4 is 10.6 Å². The third-order valence-electron chi connectivity index (χ3n) is 3.33. The molecule has 3 rings (SSSR count). The number of anilines is 2. The molecule has 3 aromatic rings. The van der Waals surface area contributed by atoms with Crippen LogP contribution in [-0.2, 0) is 6.54 Å². The molecule has 1 amide bonds. The zero-order chi connectivity index (χ0) is 16.9. The van der Waals surface area contributed by atoms with Gasteiger partial charge in [-0.25, -0.2) is 9.97 Å². The molecule has 2 aromatic heterocycles. The predicted octanol–water partition coefficient (Wildman–Crippen LogP) is 3.81. The van der Waals surface area contributed by atoms with Crippen LogP contribution in [0.15, 0.2) is 57.9 Å². The maximum absolute atomic E-state index is 12.2. The van der Waals surface area contributed by atoms with Crippen molar-refractivity contribution in [2.75, 3.05) is 5.32 Å². The van der Waals surface area contributed by atoms with E-state index in [0.29, 0.717) is 18.1 Å². The van der Waals surface area contributed by atoms with Crippen molar-refractivity contribution in [1.82, 2.24) is 15.3 Å². The lowest BCUT2D eigenvalue weighted by atomic mass is 10.2. The third kappa shape index (κ3) is 3.99. The number of hydrogen-bond acceptors (Lipinski definition) is 5. The van der Waals surface area contributed by atoms with Crippen LogP contribution in [0.5, 0.6) is 0 Å². The number of furan rings is 1. The van der Waals surface area contributed by atoms with Gasteiger partial charge in [0.25, 0.3) is 5.91 Å². The second kappa shape index (κ2) is 7.27. The molecule has 1 aromatic carbocycles. The van der Waals surface area contributed by atoms with Crippen LogP contribution in [0, 0.1) is 6.92 Å². The molecule has 0 aliphatic rings. The number of hydrogen-bond donors (Lipinski definition) is 2. The lowest BCUT2D eigenvalue weighted by molar-refractivity contribution is 0.0943. The highest BCUT2D eigenvalue weighted by atomic mass is 79.9. The number of aryl methyl sites for hydroxylation is 1. The fraction of sp³-hybridized carbons (Fsp3) is 0.118. The van der Waals surface area contributed by atoms with Crippen molar-refractivity contribution in [2.24, 2.45) is 0 Å². The molecule has 0 aliphatic carbocycles. The van der Waals surface area contributed by atoms with Gasteiger partial charge in [-0.2, -0.15) is 0 Å². The predicted molar refractivity (Wildman–Crippen MR) is 94.1 cm³/mol. The smallest absolute Gasteiger partial charge is 0.270 e. The summed E-state index contributed by atoms with van der Waals surface area (Å²) in [6, 6.07) is 11.0.